The maximum Gasteiger partial charge on any atom is 0.489 e. The van der Waals surface area contributed by atoms with E-state index in [-0.39, 0.29) is 5.75 Å². The van der Waals surface area contributed by atoms with Gasteiger partial charge in [-0.15, -0.1) is 0 Å². The van der Waals surface area contributed by atoms with E-state index in [1.165, 1.54) is 18.2 Å². The average molecular weight is 217 g/mol. The number of aromatic hydroxyl groups is 1. The molecule has 0 fully saturated rings. The smallest absolute Gasteiger partial charge is 0.489 e. The van der Waals surface area contributed by atoms with Gasteiger partial charge in [0, 0.05) is 4.47 Å². The van der Waals surface area contributed by atoms with E-state index < -0.39 is 7.12 Å². The molecule has 0 spiro atoms. The number of hydrogen-bond donors (Lipinski definition) is 3. The Morgan fingerprint density at radius 3 is 2.36 bits per heavy atom. The van der Waals surface area contributed by atoms with Crippen LogP contribution in [0.3, 0.4) is 0 Å². The summed E-state index contributed by atoms with van der Waals surface area (Å²) in [5, 5.41) is 26.4. The summed E-state index contributed by atoms with van der Waals surface area (Å²) in [6.07, 6.45) is 0. The Morgan fingerprint density at radius 1 is 1.27 bits per heavy atom. The van der Waals surface area contributed by atoms with E-state index in [0.717, 1.165) is 0 Å². The van der Waals surface area contributed by atoms with Gasteiger partial charge in [-0.3, -0.25) is 0 Å². The fourth-order valence-corrected chi connectivity index (χ4v) is 1.30. The Bertz CT molecular complexity index is 264. The molecule has 0 radical (unpaired) electrons. The zero-order chi connectivity index (χ0) is 8.43. The van der Waals surface area contributed by atoms with E-state index in [2.05, 4.69) is 15.9 Å². The number of phenolic OH excluding ortho intramolecular Hbond substituents is 1. The first kappa shape index (κ1) is 8.58. The van der Waals surface area contributed by atoms with Crippen LogP contribution >= 0.6 is 15.9 Å². The van der Waals surface area contributed by atoms with Gasteiger partial charge in [-0.25, -0.2) is 0 Å². The zero-order valence-corrected chi connectivity index (χ0v) is 7.12. The van der Waals surface area contributed by atoms with Gasteiger partial charge >= 0.3 is 7.12 Å². The molecule has 0 heterocycles. The topological polar surface area (TPSA) is 60.7 Å². The third-order valence-corrected chi connectivity index (χ3v) is 1.95. The Hall–Kier alpha value is -0.515. The number of benzene rings is 1. The Labute approximate surface area is 72.6 Å². The molecule has 0 saturated heterocycles. The first-order valence-electron chi connectivity index (χ1n) is 2.96. The third kappa shape index (κ3) is 1.96. The van der Waals surface area contributed by atoms with E-state index in [4.69, 9.17) is 15.2 Å². The van der Waals surface area contributed by atoms with E-state index in [1.807, 2.05) is 0 Å². The minimum absolute atomic E-state index is 0.0845. The molecule has 3 N–H and O–H groups in total. The molecule has 58 valence electrons. The van der Waals surface area contributed by atoms with Crippen LogP contribution in [0.1, 0.15) is 0 Å². The van der Waals surface area contributed by atoms with E-state index in [1.54, 1.807) is 0 Å². The minimum Gasteiger partial charge on any atom is -0.508 e. The molecule has 0 aliphatic heterocycles. The summed E-state index contributed by atoms with van der Waals surface area (Å²) in [6.45, 7) is 0. The van der Waals surface area contributed by atoms with Gasteiger partial charge in [0.2, 0.25) is 0 Å². The predicted molar refractivity (Wildman–Crippen MR) is 45.6 cm³/mol. The highest BCUT2D eigenvalue weighted by atomic mass is 79.9. The molecule has 11 heavy (non-hydrogen) atoms. The van der Waals surface area contributed by atoms with Gasteiger partial charge in [-0.05, 0) is 17.6 Å². The van der Waals surface area contributed by atoms with Crippen LogP contribution < -0.4 is 5.46 Å². The second kappa shape index (κ2) is 3.25. The Morgan fingerprint density at radius 2 is 1.91 bits per heavy atom. The number of hydrogen-bond acceptors (Lipinski definition) is 3. The van der Waals surface area contributed by atoms with Crippen molar-refractivity contribution >= 4 is 28.5 Å². The summed E-state index contributed by atoms with van der Waals surface area (Å²) in [5.41, 5.74) is 0.336. The highest BCUT2D eigenvalue weighted by Gasteiger charge is 2.14. The fraction of sp³-hybridized carbons (Fsp3) is 0. The molecule has 0 aliphatic carbocycles. The second-order valence-corrected chi connectivity index (χ2v) is 2.93. The lowest BCUT2D eigenvalue weighted by Crippen LogP contribution is -2.30. The third-order valence-electron chi connectivity index (χ3n) is 1.26. The van der Waals surface area contributed by atoms with Crippen LogP contribution in [0.25, 0.3) is 0 Å². The Balaban J connectivity index is 3.09. The summed E-state index contributed by atoms with van der Waals surface area (Å²) < 4.78 is 0.479. The van der Waals surface area contributed by atoms with Crippen molar-refractivity contribution in [3.63, 3.8) is 0 Å². The van der Waals surface area contributed by atoms with Crippen LogP contribution in [-0.2, 0) is 0 Å². The quantitative estimate of drug-likeness (QED) is 0.572. The molecule has 0 aromatic heterocycles. The molecule has 0 unspecified atom stereocenters. The molecule has 0 aliphatic rings. The second-order valence-electron chi connectivity index (χ2n) is 2.08. The molecular formula is C6H6BBrO3. The van der Waals surface area contributed by atoms with Gasteiger partial charge in [-0.2, -0.15) is 0 Å². The zero-order valence-electron chi connectivity index (χ0n) is 5.53. The van der Waals surface area contributed by atoms with E-state index in [0.29, 0.717) is 9.94 Å². The van der Waals surface area contributed by atoms with Crippen molar-refractivity contribution in [2.75, 3.05) is 0 Å². The van der Waals surface area contributed by atoms with Crippen LogP contribution in [0.5, 0.6) is 5.75 Å². The van der Waals surface area contributed by atoms with Crippen LogP contribution in [0, 0.1) is 0 Å². The van der Waals surface area contributed by atoms with Gasteiger partial charge in [0.25, 0.3) is 0 Å². The maximum absolute atomic E-state index is 8.93. The van der Waals surface area contributed by atoms with Crippen LogP contribution in [0.15, 0.2) is 22.7 Å². The molecule has 1 rings (SSSR count). The predicted octanol–water partition coefficient (Wildman–Crippen LogP) is -0.166. The lowest BCUT2D eigenvalue weighted by atomic mass is 9.80. The molecular weight excluding hydrogens is 211 g/mol. The van der Waals surface area contributed by atoms with Crippen molar-refractivity contribution in [3.8, 4) is 5.75 Å². The van der Waals surface area contributed by atoms with E-state index >= 15 is 0 Å². The SMILES string of the molecule is OB(O)c1ccc(O)cc1Br. The maximum atomic E-state index is 8.93. The van der Waals surface area contributed by atoms with Crippen molar-refractivity contribution in [2.24, 2.45) is 0 Å². The fourth-order valence-electron chi connectivity index (χ4n) is 0.725. The average Bonchev–Trinajstić information content (AvgIpc) is 1.85. The molecule has 5 heteroatoms. The molecule has 1 aromatic carbocycles. The van der Waals surface area contributed by atoms with Gasteiger partial charge in [0.05, 0.1) is 0 Å². The van der Waals surface area contributed by atoms with Crippen molar-refractivity contribution in [3.05, 3.63) is 22.7 Å². The first-order valence-corrected chi connectivity index (χ1v) is 3.75. The summed E-state index contributed by atoms with van der Waals surface area (Å²) in [4.78, 5) is 0. The molecule has 0 amide bonds. The molecule has 1 aromatic rings. The summed E-state index contributed by atoms with van der Waals surface area (Å²) in [5.74, 6) is 0.0845. The molecule has 0 atom stereocenters. The van der Waals surface area contributed by atoms with Crippen molar-refractivity contribution in [1.82, 2.24) is 0 Å². The summed E-state index contributed by atoms with van der Waals surface area (Å²) >= 11 is 3.07. The highest BCUT2D eigenvalue weighted by Crippen LogP contribution is 2.14. The number of rotatable bonds is 1. The Kier molecular flexibility index (Phi) is 2.54. The van der Waals surface area contributed by atoms with Crippen LogP contribution in [0.4, 0.5) is 0 Å². The number of phenols is 1. The monoisotopic (exact) mass is 216 g/mol. The molecule has 3 nitrogen and oxygen atoms in total. The first-order chi connectivity index (χ1) is 5.11. The highest BCUT2D eigenvalue weighted by molar-refractivity contribution is 9.10. The van der Waals surface area contributed by atoms with Crippen molar-refractivity contribution < 1.29 is 15.2 Å². The van der Waals surface area contributed by atoms with Gasteiger partial charge in [0.1, 0.15) is 5.75 Å². The largest absolute Gasteiger partial charge is 0.508 e. The summed E-state index contributed by atoms with van der Waals surface area (Å²) in [7, 11) is -1.51. The lowest BCUT2D eigenvalue weighted by molar-refractivity contribution is 0.425. The normalized spacial score (nSPS) is 9.73. The van der Waals surface area contributed by atoms with Gasteiger partial charge < -0.3 is 15.2 Å². The van der Waals surface area contributed by atoms with Crippen LogP contribution in [-0.4, -0.2) is 22.3 Å². The minimum atomic E-state index is -1.51. The molecule has 0 saturated carbocycles. The van der Waals surface area contributed by atoms with Gasteiger partial charge in [-0.1, -0.05) is 22.0 Å². The van der Waals surface area contributed by atoms with Crippen molar-refractivity contribution in [2.45, 2.75) is 0 Å². The number of halogens is 1. The van der Waals surface area contributed by atoms with E-state index in [9.17, 15) is 0 Å². The standard InChI is InChI=1S/C6H6BBrO3/c8-6-3-4(9)1-2-5(6)7(10)11/h1-3,9-11H. The molecule has 0 bridgehead atoms. The van der Waals surface area contributed by atoms with Crippen LogP contribution in [0.2, 0.25) is 0 Å². The van der Waals surface area contributed by atoms with Crippen molar-refractivity contribution in [1.29, 1.82) is 0 Å². The van der Waals surface area contributed by atoms with Gasteiger partial charge in [0.15, 0.2) is 0 Å². The summed E-state index contributed by atoms with van der Waals surface area (Å²) in [6, 6.07) is 4.22. The lowest BCUT2D eigenvalue weighted by Gasteiger charge is -2.01.